The Morgan fingerprint density at radius 1 is 0.548 bits per heavy atom. The van der Waals surface area contributed by atoms with Gasteiger partial charge in [0.25, 0.3) is 35.2 Å². The largest absolute Gasteiger partial charge is 0.419 e. The van der Waals surface area contributed by atoms with Crippen LogP contribution < -0.4 is 44.2 Å². The average Bonchev–Trinajstić information content (AvgIpc) is 3.97. The summed E-state index contributed by atoms with van der Waals surface area (Å²) in [5.41, 5.74) is 7.31. The van der Waals surface area contributed by atoms with Crippen molar-refractivity contribution in [3.63, 3.8) is 0 Å². The van der Waals surface area contributed by atoms with Crippen LogP contribution in [0.15, 0.2) is 113 Å². The molecule has 8 N–H and O–H groups in total. The van der Waals surface area contributed by atoms with Crippen molar-refractivity contribution in [1.29, 1.82) is 0 Å². The van der Waals surface area contributed by atoms with E-state index in [1.165, 1.54) is 21.3 Å². The molecule has 0 bridgehead atoms. The predicted octanol–water partition coefficient (Wildman–Crippen LogP) is 0.780. The molecular weight excluding hydrogens is 1090 g/mol. The van der Waals surface area contributed by atoms with Gasteiger partial charge in [-0.15, -0.1) is 30.6 Å². The number of nitrogens with one attached hydrogen (secondary N) is 8. The van der Waals surface area contributed by atoms with Crippen LogP contribution in [0.25, 0.3) is 56.5 Å². The normalized spacial score (nSPS) is 14.4. The molecule has 0 saturated heterocycles. The van der Waals surface area contributed by atoms with E-state index in [2.05, 4.69) is 92.9 Å². The number of amides is 4. The Balaban J connectivity index is 0.000000157. The maximum Gasteiger partial charge on any atom is 0.419 e. The van der Waals surface area contributed by atoms with E-state index in [0.717, 1.165) is 55.0 Å². The molecule has 0 spiro atoms. The van der Waals surface area contributed by atoms with Crippen molar-refractivity contribution in [3.8, 4) is 22.8 Å². The number of fused-ring (bicyclic) bond motifs is 6. The van der Waals surface area contributed by atoms with E-state index in [1.54, 1.807) is 50.5 Å². The number of hydrogen-bond acceptors (Lipinski definition) is 20. The second-order valence-corrected chi connectivity index (χ2v) is 19.6. The quantitative estimate of drug-likeness (QED) is 0.0838. The number of hydrogen-bond donors (Lipinski definition) is 8. The number of carbonyl (C=O) groups is 4. The summed E-state index contributed by atoms with van der Waals surface area (Å²) in [6, 6.07) is 23.6. The minimum Gasteiger partial charge on any atom is -0.408 e. The summed E-state index contributed by atoms with van der Waals surface area (Å²) < 4.78 is 15.0. The molecule has 12 aromatic rings. The van der Waals surface area contributed by atoms with E-state index in [9.17, 15) is 38.4 Å². The molecule has 14 rings (SSSR count). The summed E-state index contributed by atoms with van der Waals surface area (Å²) in [6.45, 7) is 0.192. The number of nitrogens with zero attached hydrogens (tertiary/aromatic N) is 14. The number of rotatable bonds is 12. The topological polar surface area (TPSA) is 422 Å². The molecule has 2 aliphatic rings. The highest BCUT2D eigenvalue weighted by Crippen LogP contribution is 2.35. The minimum atomic E-state index is -0.674. The highest BCUT2D eigenvalue weighted by Gasteiger charge is 2.30. The lowest BCUT2D eigenvalue weighted by Gasteiger charge is -2.15. The first-order valence-electron chi connectivity index (χ1n) is 25.8. The van der Waals surface area contributed by atoms with Crippen molar-refractivity contribution in [2.75, 3.05) is 0 Å². The van der Waals surface area contributed by atoms with Crippen LogP contribution in [0.5, 0.6) is 0 Å². The Morgan fingerprint density at radius 2 is 1.01 bits per heavy atom. The Morgan fingerprint density at radius 3 is 1.50 bits per heavy atom. The van der Waals surface area contributed by atoms with Gasteiger partial charge in [-0.05, 0) is 118 Å². The molecule has 0 fully saturated rings. The number of aromatic amines is 4. The zero-order valence-corrected chi connectivity index (χ0v) is 43.8. The van der Waals surface area contributed by atoms with Gasteiger partial charge < -0.3 is 30.1 Å². The van der Waals surface area contributed by atoms with Crippen molar-refractivity contribution < 1.29 is 28.0 Å². The zero-order valence-electron chi connectivity index (χ0n) is 43.8. The number of H-pyrrole nitrogens is 4. The highest BCUT2D eigenvalue weighted by atomic mass is 16.4. The van der Waals surface area contributed by atoms with Crippen LogP contribution in [-0.2, 0) is 40.0 Å². The van der Waals surface area contributed by atoms with Gasteiger partial charge in [-0.25, -0.2) is 48.1 Å². The number of aromatic nitrogens is 18. The Bertz CT molecular complexity index is 4890. The molecule has 4 amide bonds. The number of benzene rings is 4. The van der Waals surface area contributed by atoms with Gasteiger partial charge in [-0.1, -0.05) is 36.4 Å². The van der Waals surface area contributed by atoms with Crippen LogP contribution in [0.3, 0.4) is 0 Å². The molecular formula is C52H42N22O10. The smallest absolute Gasteiger partial charge is 0.408 e. The molecule has 4 aromatic carbocycles. The molecule has 2 atom stereocenters. The second kappa shape index (κ2) is 20.7. The van der Waals surface area contributed by atoms with Crippen LogP contribution in [0.2, 0.25) is 0 Å². The second-order valence-electron chi connectivity index (χ2n) is 19.6. The lowest BCUT2D eigenvalue weighted by atomic mass is 10.0. The van der Waals surface area contributed by atoms with Crippen molar-refractivity contribution in [1.82, 2.24) is 111 Å². The summed E-state index contributed by atoms with van der Waals surface area (Å²) >= 11 is 0. The van der Waals surface area contributed by atoms with Gasteiger partial charge in [-0.3, -0.25) is 28.3 Å². The molecule has 8 aromatic heterocycles. The summed E-state index contributed by atoms with van der Waals surface area (Å²) in [7, 11) is 3.17. The number of aryl methyl sites for hydroxylation is 4. The summed E-state index contributed by atoms with van der Waals surface area (Å²) in [4.78, 5) is 110. The van der Waals surface area contributed by atoms with E-state index in [4.69, 9.17) is 8.83 Å². The number of tetrazole rings is 2. The molecule has 0 radical (unpaired) electrons. The van der Waals surface area contributed by atoms with Crippen molar-refractivity contribution in [2.24, 2.45) is 14.1 Å². The van der Waals surface area contributed by atoms with Crippen LogP contribution in [0.1, 0.15) is 100 Å². The van der Waals surface area contributed by atoms with Gasteiger partial charge in [0.05, 0.1) is 23.1 Å². The zero-order chi connectivity index (χ0) is 57.9. The SMILES string of the molecule is Cn1c(=O)oc2ccc(CNC(=O)c3cc(C(=O)N[C@H]4CCc5cc(-c6nn[nH]n6)ccc54)n4c(=O)[nH]nc4n3)cc21.Cn1c(=O)oc2ccc(CNC(=O)c3cc(C(=O)N[C@H]4CCc5cc(-c6nn[nH]n6)ccc54)nc4n[nH]c(=O)n34)cc21. The molecule has 0 saturated carbocycles. The maximum atomic E-state index is 13.5. The van der Waals surface area contributed by atoms with E-state index >= 15 is 0 Å². The Kier molecular flexibility index (Phi) is 12.7. The first-order chi connectivity index (χ1) is 40.7. The van der Waals surface area contributed by atoms with Crippen molar-refractivity contribution in [2.45, 2.75) is 50.9 Å². The van der Waals surface area contributed by atoms with Gasteiger partial charge in [-0.2, -0.15) is 10.4 Å². The van der Waals surface area contributed by atoms with E-state index < -0.39 is 46.5 Å². The van der Waals surface area contributed by atoms with Crippen LogP contribution in [0.4, 0.5) is 0 Å². The minimum absolute atomic E-state index is 0.0710. The number of oxazole rings is 2. The first-order valence-corrected chi connectivity index (χ1v) is 25.8. The third-order valence-corrected chi connectivity index (χ3v) is 14.6. The molecule has 0 aliphatic heterocycles. The van der Waals surface area contributed by atoms with Crippen molar-refractivity contribution >= 4 is 57.4 Å². The molecule has 8 heterocycles. The van der Waals surface area contributed by atoms with Gasteiger partial charge in [0.15, 0.2) is 11.2 Å². The number of carbonyl (C=O) groups excluding carboxylic acids is 4. The molecule has 420 valence electrons. The molecule has 2 aliphatic carbocycles. The Hall–Kier alpha value is -11.9. The molecule has 32 heteroatoms. The third-order valence-electron chi connectivity index (χ3n) is 14.6. The van der Waals surface area contributed by atoms with Crippen molar-refractivity contribution in [3.05, 3.63) is 183 Å². The summed E-state index contributed by atoms with van der Waals surface area (Å²) in [5.74, 6) is -2.56. The fraction of sp³-hybridized carbons (Fsp3) is 0.192. The fourth-order valence-corrected chi connectivity index (χ4v) is 10.4. The predicted molar refractivity (Wildman–Crippen MR) is 289 cm³/mol. The monoisotopic (exact) mass is 1130 g/mol. The maximum absolute atomic E-state index is 13.5. The Labute approximate surface area is 465 Å². The lowest BCUT2D eigenvalue weighted by molar-refractivity contribution is 0.0918. The summed E-state index contributed by atoms with van der Waals surface area (Å²) in [6.07, 6.45) is 2.77. The van der Waals surface area contributed by atoms with Crippen LogP contribution in [0, 0.1) is 0 Å². The van der Waals surface area contributed by atoms with E-state index in [0.29, 0.717) is 57.8 Å². The average molecular weight is 1140 g/mol. The standard InChI is InChI=1S/2C26H21N11O5/c1-36-18-8-12(2-7-20(18)42-26(36)41)11-27-23(39)19-10-17(29-24-32-33-25(40)37(19)24)22(38)28-16-6-4-13-9-14(3-5-15(13)16)21-30-34-35-31-21;1-36-18-8-12(2-7-20(18)42-26(36)41)11-27-22(38)17-10-19(37-24(29-17)32-33-25(37)40)23(39)28-16-6-4-13-9-14(3-5-15(13)16)21-30-34-35-31-21/h2-3,5,7-10,16H,4,6,11H2,1H3,(H,27,39)(H,28,38)(H,33,40)(H,30,31,34,35);2-3,5,7-10,16H,4,6,11H2,1H3,(H,27,38)(H,28,39)(H,33,40)(H,30,31,34,35)/t2*16-/m00/s1. The molecule has 0 unspecified atom stereocenters. The van der Waals surface area contributed by atoms with Crippen LogP contribution >= 0.6 is 0 Å². The molecule has 32 nitrogen and oxygen atoms in total. The third kappa shape index (κ3) is 9.47. The fourth-order valence-electron chi connectivity index (χ4n) is 10.4. The molecule has 84 heavy (non-hydrogen) atoms. The van der Waals surface area contributed by atoms with Gasteiger partial charge in [0.2, 0.25) is 11.6 Å². The van der Waals surface area contributed by atoms with Gasteiger partial charge in [0, 0.05) is 38.3 Å². The summed E-state index contributed by atoms with van der Waals surface area (Å²) in [5, 5.41) is 51.8. The van der Waals surface area contributed by atoms with E-state index in [1.807, 2.05) is 36.4 Å². The highest BCUT2D eigenvalue weighted by molar-refractivity contribution is 5.99. The van der Waals surface area contributed by atoms with Crippen LogP contribution in [-0.4, -0.2) is 113 Å². The first kappa shape index (κ1) is 51.6. The lowest BCUT2D eigenvalue weighted by Crippen LogP contribution is -2.32. The van der Waals surface area contributed by atoms with Gasteiger partial charge in [0.1, 0.15) is 22.8 Å². The van der Waals surface area contributed by atoms with Gasteiger partial charge >= 0.3 is 22.9 Å². The van der Waals surface area contributed by atoms with E-state index in [-0.39, 0.29) is 59.5 Å².